The molecule has 0 unspecified atom stereocenters. The highest BCUT2D eigenvalue weighted by Gasteiger charge is 1.79. The summed E-state index contributed by atoms with van der Waals surface area (Å²) in [7, 11) is -1.60. The van der Waals surface area contributed by atoms with Gasteiger partial charge in [-0.1, -0.05) is 0 Å². The number of hydrogen-bond acceptors (Lipinski definition) is 4. The molecule has 0 aromatic rings. The van der Waals surface area contributed by atoms with Crippen molar-refractivity contribution in [1.29, 1.82) is 0 Å². The van der Waals surface area contributed by atoms with E-state index in [2.05, 4.69) is 0 Å². The van der Waals surface area contributed by atoms with Gasteiger partial charge < -0.3 is 14.4 Å². The molecule has 0 aliphatic carbocycles. The van der Waals surface area contributed by atoms with E-state index in [1.54, 1.807) is 0 Å². The second-order valence-corrected chi connectivity index (χ2v) is 0.603. The number of aliphatic hydroxyl groups is 1. The molecular weight excluding hydrogens is 111 g/mol. The molecule has 0 saturated heterocycles. The Balaban J connectivity index is 0. The molecule has 0 atom stereocenters. The van der Waals surface area contributed by atoms with E-state index in [1.807, 2.05) is 0 Å². The van der Waals surface area contributed by atoms with E-state index in [4.69, 9.17) is 19.1 Å². The summed E-state index contributed by atoms with van der Waals surface area (Å²) in [6.45, 7) is 0. The van der Waals surface area contributed by atoms with Crippen LogP contribution in [0.25, 0.3) is 0 Å². The van der Waals surface area contributed by atoms with Gasteiger partial charge in [0, 0.05) is 11.8 Å². The minimum Gasteiger partial charge on any atom is -0.400 e. The normalized spacial score (nSPS) is 7.00. The fourth-order valence-electron chi connectivity index (χ4n) is 0. The Labute approximate surface area is 38.1 Å². The molecule has 5 heteroatoms. The Morgan fingerprint density at radius 2 is 1.33 bits per heavy atom. The summed E-state index contributed by atoms with van der Waals surface area (Å²) in [5, 5.41) is 7.00. The van der Waals surface area contributed by atoms with Crippen LogP contribution in [0.15, 0.2) is 0 Å². The third kappa shape index (κ3) is 2390. The van der Waals surface area contributed by atoms with Crippen LogP contribution in [0.5, 0.6) is 0 Å². The van der Waals surface area contributed by atoms with Crippen molar-refractivity contribution in [2.24, 2.45) is 0 Å². The van der Waals surface area contributed by atoms with E-state index < -0.39 is 10.8 Å². The van der Waals surface area contributed by atoms with Crippen LogP contribution in [0, 0.1) is 10.8 Å². The highest BCUT2D eigenvalue weighted by atomic mass is 35.6. The predicted molar refractivity (Wildman–Crippen MR) is 10.4 cm³/mol. The molecule has 0 aliphatic rings. The van der Waals surface area contributed by atoms with Crippen molar-refractivity contribution in [1.82, 2.24) is 0 Å². The summed E-state index contributed by atoms with van der Waals surface area (Å²) in [6.07, 6.45) is 0. The van der Waals surface area contributed by atoms with Crippen molar-refractivity contribution in [2.75, 3.05) is 7.11 Å². The van der Waals surface area contributed by atoms with E-state index in [9.17, 15) is 0 Å². The van der Waals surface area contributed by atoms with E-state index in [-0.39, 0.29) is 0 Å². The largest absolute Gasteiger partial charge is 0.400 e. The van der Waals surface area contributed by atoms with Crippen molar-refractivity contribution in [2.45, 2.75) is 0 Å². The molecular formula is CH5ClO4. The van der Waals surface area contributed by atoms with E-state index >= 15 is 0 Å². The summed E-state index contributed by atoms with van der Waals surface area (Å²) in [5.74, 6) is 0. The van der Waals surface area contributed by atoms with Gasteiger partial charge in [-0.2, -0.15) is 0 Å². The first-order valence-corrected chi connectivity index (χ1v) is 1.88. The number of hydrogen-bond donors (Lipinski definition) is 2. The standard InChI is InChI=1S/CH4O.ClHO3/c1-2;2-1(3)4/h2H,1H3;2H. The molecule has 0 aromatic carbocycles. The van der Waals surface area contributed by atoms with Crippen molar-refractivity contribution in [3.63, 3.8) is 0 Å². The Morgan fingerprint density at radius 1 is 1.33 bits per heavy atom. The maximum absolute atomic E-state index is 8.52. The fourth-order valence-corrected chi connectivity index (χ4v) is 0. The Morgan fingerprint density at radius 3 is 1.33 bits per heavy atom. The molecule has 6 heavy (non-hydrogen) atoms. The molecule has 0 amide bonds. The molecule has 0 aromatic heterocycles. The summed E-state index contributed by atoms with van der Waals surface area (Å²) >= 11 is 0. The van der Waals surface area contributed by atoms with Crippen LogP contribution >= 0.6 is 0 Å². The third-order valence-electron chi connectivity index (χ3n) is 0. The van der Waals surface area contributed by atoms with Gasteiger partial charge in [0.2, 0.25) is 0 Å². The van der Waals surface area contributed by atoms with Crippen LogP contribution in [0.3, 0.4) is 0 Å². The average molecular weight is 116 g/mol. The lowest BCUT2D eigenvalue weighted by molar-refractivity contribution is -1.63. The highest BCUT2D eigenvalue weighted by Crippen LogP contribution is 1.38. The molecule has 0 spiro atoms. The Hall–Kier alpha value is 0.130. The van der Waals surface area contributed by atoms with E-state index in [1.165, 1.54) is 0 Å². The van der Waals surface area contributed by atoms with Gasteiger partial charge in [0.1, 0.15) is 0 Å². The zero-order valence-corrected chi connectivity index (χ0v) is 3.84. The van der Waals surface area contributed by atoms with Crippen molar-refractivity contribution in [3.8, 4) is 0 Å². The van der Waals surface area contributed by atoms with Crippen molar-refractivity contribution in [3.05, 3.63) is 0 Å². The second kappa shape index (κ2) is 8.93. The zero-order valence-electron chi connectivity index (χ0n) is 3.09. The van der Waals surface area contributed by atoms with Crippen LogP contribution in [0.4, 0.5) is 0 Å². The highest BCUT2D eigenvalue weighted by molar-refractivity contribution is 3.18. The second-order valence-electron chi connectivity index (χ2n) is 0.201. The Kier molecular flexibility index (Phi) is 14.1. The number of halogens is 1. The predicted octanol–water partition coefficient (Wildman–Crippen LogP) is -3.33. The van der Waals surface area contributed by atoms with Gasteiger partial charge >= 0.3 is 0 Å². The van der Waals surface area contributed by atoms with Crippen LogP contribution in [-0.2, 0) is 0 Å². The first-order valence-electron chi connectivity index (χ1n) is 0.925. The molecule has 0 bridgehead atoms. The van der Waals surface area contributed by atoms with Crippen LogP contribution < -0.4 is 9.32 Å². The van der Waals surface area contributed by atoms with Gasteiger partial charge in [-0.15, -0.1) is 0 Å². The molecule has 0 rings (SSSR count). The minimum absolute atomic E-state index is 1.00. The van der Waals surface area contributed by atoms with E-state index in [0.717, 1.165) is 7.11 Å². The molecule has 4 nitrogen and oxygen atoms in total. The maximum atomic E-state index is 8.52. The molecule has 0 fully saturated rings. The monoisotopic (exact) mass is 116 g/mol. The molecule has 0 saturated carbocycles. The lowest BCUT2D eigenvalue weighted by Gasteiger charge is -1.72. The smallest absolute Gasteiger partial charge is 0.282 e. The maximum Gasteiger partial charge on any atom is 0.282 e. The SMILES string of the molecule is CO.[O-][Cl+2]([O-])O. The topological polar surface area (TPSA) is 86.6 Å². The molecule has 0 heterocycles. The van der Waals surface area contributed by atoms with Crippen molar-refractivity contribution < 1.29 is 29.9 Å². The van der Waals surface area contributed by atoms with E-state index in [0.29, 0.717) is 0 Å². The van der Waals surface area contributed by atoms with Gasteiger partial charge in [-0.3, -0.25) is 0 Å². The summed E-state index contributed by atoms with van der Waals surface area (Å²) in [6, 6.07) is 0. The number of aliphatic hydroxyl groups excluding tert-OH is 1. The van der Waals surface area contributed by atoms with Crippen molar-refractivity contribution >= 4 is 0 Å². The fraction of sp³-hybridized carbons (Fsp3) is 1.00. The summed E-state index contributed by atoms with van der Waals surface area (Å²) in [5.41, 5.74) is 0. The summed E-state index contributed by atoms with van der Waals surface area (Å²) < 4.78 is 24.0. The van der Waals surface area contributed by atoms with Gasteiger partial charge in [0.05, 0.1) is 0 Å². The van der Waals surface area contributed by atoms with Gasteiger partial charge in [0.15, 0.2) is 0 Å². The minimum atomic E-state index is -2.60. The quantitative estimate of drug-likeness (QED) is 0.347. The molecule has 2 N–H and O–H groups in total. The molecule has 40 valence electrons. The Bertz CT molecular complexity index is 12.3. The lowest BCUT2D eigenvalue weighted by atomic mass is 11.8. The first-order chi connectivity index (χ1) is 2.73. The average Bonchev–Trinajstić information content (AvgIpc) is 1.41. The van der Waals surface area contributed by atoms with Gasteiger partial charge in [-0.05, 0) is 0 Å². The van der Waals surface area contributed by atoms with Gasteiger partial charge in [0.25, 0.3) is 10.8 Å². The molecule has 0 radical (unpaired) electrons. The molecule has 0 aliphatic heterocycles. The van der Waals surface area contributed by atoms with Crippen LogP contribution in [-0.4, -0.2) is 16.9 Å². The van der Waals surface area contributed by atoms with Crippen LogP contribution in [0.1, 0.15) is 0 Å². The summed E-state index contributed by atoms with van der Waals surface area (Å²) in [4.78, 5) is 0. The first kappa shape index (κ1) is 9.46. The zero-order chi connectivity index (χ0) is 5.58. The van der Waals surface area contributed by atoms with Gasteiger partial charge in [-0.25, -0.2) is 0 Å². The van der Waals surface area contributed by atoms with Crippen LogP contribution in [0.2, 0.25) is 0 Å². The number of rotatable bonds is 0. The lowest BCUT2D eigenvalue weighted by Crippen LogP contribution is -2.30. The third-order valence-corrected chi connectivity index (χ3v) is 0.